The van der Waals surface area contributed by atoms with Crippen molar-refractivity contribution in [2.75, 3.05) is 30.3 Å². The van der Waals surface area contributed by atoms with E-state index < -0.39 is 0 Å². The van der Waals surface area contributed by atoms with E-state index in [2.05, 4.69) is 41.4 Å². The molecule has 0 radical (unpaired) electrons. The molecule has 1 N–H and O–H groups in total. The summed E-state index contributed by atoms with van der Waals surface area (Å²) in [5.74, 6) is 2.09. The van der Waals surface area contributed by atoms with E-state index in [-0.39, 0.29) is 12.4 Å². The van der Waals surface area contributed by atoms with E-state index in [0.29, 0.717) is 6.04 Å². The van der Waals surface area contributed by atoms with E-state index in [1.807, 2.05) is 11.8 Å². The molecular weight excluding hydrogens is 276 g/mol. The van der Waals surface area contributed by atoms with Gasteiger partial charge in [0.25, 0.3) is 0 Å². The number of halogens is 1. The number of rotatable bonds is 2. The van der Waals surface area contributed by atoms with Gasteiger partial charge in [-0.3, -0.25) is 0 Å². The summed E-state index contributed by atoms with van der Waals surface area (Å²) in [4.78, 5) is 4.10. The van der Waals surface area contributed by atoms with Gasteiger partial charge in [-0.1, -0.05) is 12.1 Å². The van der Waals surface area contributed by atoms with Crippen molar-refractivity contribution in [3.63, 3.8) is 0 Å². The van der Waals surface area contributed by atoms with Crippen LogP contribution in [0.1, 0.15) is 19.8 Å². The number of nitrogens with zero attached hydrogens (tertiary/aromatic N) is 1. The van der Waals surface area contributed by atoms with Gasteiger partial charge < -0.3 is 10.2 Å². The van der Waals surface area contributed by atoms with E-state index in [1.54, 1.807) is 0 Å². The number of anilines is 1. The molecule has 2 aliphatic rings. The lowest BCUT2D eigenvalue weighted by Crippen LogP contribution is -2.43. The van der Waals surface area contributed by atoms with Crippen LogP contribution in [-0.4, -0.2) is 31.4 Å². The highest BCUT2D eigenvalue weighted by molar-refractivity contribution is 7.99. The van der Waals surface area contributed by atoms with Crippen LogP contribution in [0.4, 0.5) is 5.69 Å². The Morgan fingerprint density at radius 3 is 2.79 bits per heavy atom. The minimum absolute atomic E-state index is 0. The summed E-state index contributed by atoms with van der Waals surface area (Å²) in [5.41, 5.74) is 1.46. The first kappa shape index (κ1) is 15.0. The lowest BCUT2D eigenvalue weighted by atomic mass is 9.96. The summed E-state index contributed by atoms with van der Waals surface area (Å²) in [7, 11) is 0. The average Bonchev–Trinajstić information content (AvgIpc) is 2.43. The summed E-state index contributed by atoms with van der Waals surface area (Å²) in [6.07, 6.45) is 2.66. The fourth-order valence-electron chi connectivity index (χ4n) is 2.98. The van der Waals surface area contributed by atoms with Gasteiger partial charge in [-0.05, 0) is 50.9 Å². The highest BCUT2D eigenvalue weighted by atomic mass is 35.5. The first-order chi connectivity index (χ1) is 8.84. The van der Waals surface area contributed by atoms with Crippen molar-refractivity contribution in [3.8, 4) is 0 Å². The molecule has 1 unspecified atom stereocenters. The number of hydrogen-bond acceptors (Lipinski definition) is 3. The molecule has 0 spiro atoms. The molecule has 0 bridgehead atoms. The fraction of sp³-hybridized carbons (Fsp3) is 0.600. The topological polar surface area (TPSA) is 15.3 Å². The molecule has 0 amide bonds. The summed E-state index contributed by atoms with van der Waals surface area (Å²) in [5, 5.41) is 3.46. The first-order valence-corrected chi connectivity index (χ1v) is 8.02. The summed E-state index contributed by atoms with van der Waals surface area (Å²) in [6, 6.07) is 9.55. The lowest BCUT2D eigenvalue weighted by Gasteiger charge is -2.39. The van der Waals surface area contributed by atoms with Gasteiger partial charge in [-0.15, -0.1) is 24.2 Å². The van der Waals surface area contributed by atoms with E-state index in [1.165, 1.54) is 48.8 Å². The molecule has 0 saturated carbocycles. The molecule has 1 aromatic carbocycles. The van der Waals surface area contributed by atoms with Crippen molar-refractivity contribution in [2.24, 2.45) is 5.92 Å². The standard InChI is InChI=1S/C15H22N2S.ClH/c1-12-11-18-15-5-3-2-4-14(15)17(12)10-13-6-8-16-9-7-13;/h2-5,12-13,16H,6-11H2,1H3;1H. The zero-order valence-corrected chi connectivity index (χ0v) is 13.1. The third kappa shape index (κ3) is 3.39. The van der Waals surface area contributed by atoms with Gasteiger partial charge in [0.05, 0.1) is 5.69 Å². The maximum atomic E-state index is 3.46. The number of para-hydroxylation sites is 1. The van der Waals surface area contributed by atoms with Crippen LogP contribution in [0.3, 0.4) is 0 Å². The van der Waals surface area contributed by atoms with Crippen LogP contribution in [-0.2, 0) is 0 Å². The van der Waals surface area contributed by atoms with Crippen molar-refractivity contribution in [3.05, 3.63) is 24.3 Å². The van der Waals surface area contributed by atoms with Crippen LogP contribution in [0.5, 0.6) is 0 Å². The molecule has 3 rings (SSSR count). The number of nitrogens with one attached hydrogen (secondary N) is 1. The normalized spacial score (nSPS) is 23.6. The number of thioether (sulfide) groups is 1. The van der Waals surface area contributed by atoms with Crippen molar-refractivity contribution < 1.29 is 0 Å². The predicted molar refractivity (Wildman–Crippen MR) is 86.8 cm³/mol. The van der Waals surface area contributed by atoms with Gasteiger partial charge in [0.1, 0.15) is 0 Å². The molecule has 2 aliphatic heterocycles. The van der Waals surface area contributed by atoms with Crippen LogP contribution in [0.2, 0.25) is 0 Å². The maximum Gasteiger partial charge on any atom is 0.0507 e. The van der Waals surface area contributed by atoms with Crippen molar-refractivity contribution in [1.29, 1.82) is 0 Å². The van der Waals surface area contributed by atoms with E-state index in [0.717, 1.165) is 5.92 Å². The molecule has 2 heterocycles. The highest BCUT2D eigenvalue weighted by Gasteiger charge is 2.26. The molecule has 4 heteroatoms. The smallest absolute Gasteiger partial charge is 0.0507 e. The molecular formula is C15H23ClN2S. The minimum Gasteiger partial charge on any atom is -0.367 e. The van der Waals surface area contributed by atoms with Gasteiger partial charge in [0.15, 0.2) is 0 Å². The lowest BCUT2D eigenvalue weighted by molar-refractivity contribution is 0.367. The molecule has 106 valence electrons. The Balaban J connectivity index is 0.00000133. The zero-order chi connectivity index (χ0) is 12.4. The van der Waals surface area contributed by atoms with Gasteiger partial charge in [-0.25, -0.2) is 0 Å². The Bertz CT molecular complexity index is 407. The molecule has 19 heavy (non-hydrogen) atoms. The third-order valence-electron chi connectivity index (χ3n) is 4.10. The Kier molecular flexibility index (Phi) is 5.43. The Labute approximate surface area is 126 Å². The van der Waals surface area contributed by atoms with Crippen molar-refractivity contribution in [2.45, 2.75) is 30.7 Å². The molecule has 1 aromatic rings. The highest BCUT2D eigenvalue weighted by Crippen LogP contribution is 2.37. The van der Waals surface area contributed by atoms with Crippen LogP contribution < -0.4 is 10.2 Å². The minimum atomic E-state index is 0. The van der Waals surface area contributed by atoms with Gasteiger partial charge in [-0.2, -0.15) is 0 Å². The molecule has 0 aromatic heterocycles. The van der Waals surface area contributed by atoms with Crippen LogP contribution in [0.15, 0.2) is 29.2 Å². The fourth-order valence-corrected chi connectivity index (χ4v) is 4.08. The second kappa shape index (κ2) is 6.87. The van der Waals surface area contributed by atoms with Gasteiger partial charge >= 0.3 is 0 Å². The molecule has 1 fully saturated rings. The van der Waals surface area contributed by atoms with Crippen molar-refractivity contribution >= 4 is 29.9 Å². The average molecular weight is 299 g/mol. The number of piperidine rings is 1. The summed E-state index contributed by atoms with van der Waals surface area (Å²) >= 11 is 2.01. The number of benzene rings is 1. The number of hydrogen-bond donors (Lipinski definition) is 1. The zero-order valence-electron chi connectivity index (χ0n) is 11.5. The Morgan fingerprint density at radius 2 is 2.00 bits per heavy atom. The monoisotopic (exact) mass is 298 g/mol. The van der Waals surface area contributed by atoms with E-state index in [4.69, 9.17) is 0 Å². The molecule has 1 atom stereocenters. The first-order valence-electron chi connectivity index (χ1n) is 7.04. The maximum absolute atomic E-state index is 3.46. The quantitative estimate of drug-likeness (QED) is 0.901. The third-order valence-corrected chi connectivity index (χ3v) is 5.41. The van der Waals surface area contributed by atoms with Crippen molar-refractivity contribution in [1.82, 2.24) is 5.32 Å². The largest absolute Gasteiger partial charge is 0.367 e. The summed E-state index contributed by atoms with van der Waals surface area (Å²) < 4.78 is 0. The molecule has 2 nitrogen and oxygen atoms in total. The SMILES string of the molecule is CC1CSc2ccccc2N1CC1CCNCC1.Cl. The van der Waals surface area contributed by atoms with Crippen LogP contribution in [0.25, 0.3) is 0 Å². The number of fused-ring (bicyclic) bond motifs is 1. The Hall–Kier alpha value is -0.380. The summed E-state index contributed by atoms with van der Waals surface area (Å²) in [6.45, 7) is 6.00. The van der Waals surface area contributed by atoms with Crippen LogP contribution >= 0.6 is 24.2 Å². The van der Waals surface area contributed by atoms with E-state index >= 15 is 0 Å². The second-order valence-corrected chi connectivity index (χ2v) is 6.54. The second-order valence-electron chi connectivity index (χ2n) is 5.47. The van der Waals surface area contributed by atoms with Gasteiger partial charge in [0.2, 0.25) is 0 Å². The molecule has 0 aliphatic carbocycles. The van der Waals surface area contributed by atoms with Crippen LogP contribution in [0, 0.1) is 5.92 Å². The Morgan fingerprint density at radius 1 is 1.26 bits per heavy atom. The van der Waals surface area contributed by atoms with E-state index in [9.17, 15) is 0 Å². The predicted octanol–water partition coefficient (Wildman–Crippen LogP) is 3.41. The van der Waals surface area contributed by atoms with Gasteiger partial charge in [0, 0.05) is 23.2 Å². The molecule has 1 saturated heterocycles.